The molecule has 3 aromatic rings. The Morgan fingerprint density at radius 3 is 2.90 bits per heavy atom. The number of fused-ring (bicyclic) bond motifs is 1. The van der Waals surface area contributed by atoms with Crippen LogP contribution in [0.15, 0.2) is 24.4 Å². The van der Waals surface area contributed by atoms with Gasteiger partial charge in [0, 0.05) is 11.8 Å². The zero-order chi connectivity index (χ0) is 14.8. The fraction of sp³-hybridized carbons (Fsp3) is 0.286. The first-order valence-corrected chi connectivity index (χ1v) is 7.12. The van der Waals surface area contributed by atoms with Gasteiger partial charge in [0.2, 0.25) is 0 Å². The summed E-state index contributed by atoms with van der Waals surface area (Å²) in [5.74, 6) is 2.22. The lowest BCUT2D eigenvalue weighted by Crippen LogP contribution is -2.09. The van der Waals surface area contributed by atoms with Crippen LogP contribution < -0.4 is 5.32 Å². The minimum Gasteiger partial charge on any atom is -0.362 e. The summed E-state index contributed by atoms with van der Waals surface area (Å²) >= 11 is 6.17. The molecule has 0 aliphatic carbocycles. The highest BCUT2D eigenvalue weighted by Crippen LogP contribution is 2.22. The smallest absolute Gasteiger partial charge is 0.160 e. The Balaban J connectivity index is 1.88. The number of anilines is 1. The number of halogens is 1. The SMILES string of the molecule is CCc1c(Cl)nc(C)nc1NCc1nnc2ccccn12. The molecule has 0 aliphatic rings. The van der Waals surface area contributed by atoms with Crippen molar-refractivity contribution in [3.8, 4) is 0 Å². The molecule has 0 amide bonds. The third-order valence-corrected chi connectivity index (χ3v) is 3.53. The van der Waals surface area contributed by atoms with Crippen LogP contribution in [0.2, 0.25) is 5.15 Å². The number of aromatic nitrogens is 5. The van der Waals surface area contributed by atoms with Crippen LogP contribution in [0.3, 0.4) is 0 Å². The third kappa shape index (κ3) is 2.67. The number of pyridine rings is 1. The van der Waals surface area contributed by atoms with Crippen LogP contribution >= 0.6 is 11.6 Å². The molecule has 1 N–H and O–H groups in total. The highest BCUT2D eigenvalue weighted by atomic mass is 35.5. The summed E-state index contributed by atoms with van der Waals surface area (Å²) in [6.07, 6.45) is 2.70. The molecule has 0 saturated carbocycles. The zero-order valence-corrected chi connectivity index (χ0v) is 12.6. The normalized spacial score (nSPS) is 11.0. The molecule has 3 aromatic heterocycles. The van der Waals surface area contributed by atoms with E-state index in [1.165, 1.54) is 0 Å². The summed E-state index contributed by atoms with van der Waals surface area (Å²) in [5, 5.41) is 12.1. The highest BCUT2D eigenvalue weighted by Gasteiger charge is 2.11. The van der Waals surface area contributed by atoms with E-state index >= 15 is 0 Å². The van der Waals surface area contributed by atoms with Gasteiger partial charge in [-0.25, -0.2) is 9.97 Å². The van der Waals surface area contributed by atoms with E-state index in [4.69, 9.17) is 11.6 Å². The molecule has 0 atom stereocenters. The van der Waals surface area contributed by atoms with Gasteiger partial charge in [0.25, 0.3) is 0 Å². The van der Waals surface area contributed by atoms with Crippen LogP contribution in [0.5, 0.6) is 0 Å². The minimum absolute atomic E-state index is 0.499. The summed E-state index contributed by atoms with van der Waals surface area (Å²) in [6, 6.07) is 5.80. The van der Waals surface area contributed by atoms with Crippen LogP contribution in [0, 0.1) is 6.92 Å². The fourth-order valence-corrected chi connectivity index (χ4v) is 2.54. The van der Waals surface area contributed by atoms with Crippen LogP contribution in [0.25, 0.3) is 5.65 Å². The van der Waals surface area contributed by atoms with Gasteiger partial charge in [0.15, 0.2) is 11.5 Å². The Labute approximate surface area is 127 Å². The van der Waals surface area contributed by atoms with E-state index in [-0.39, 0.29) is 0 Å². The van der Waals surface area contributed by atoms with Gasteiger partial charge in [-0.1, -0.05) is 24.6 Å². The number of aryl methyl sites for hydroxylation is 1. The predicted molar refractivity (Wildman–Crippen MR) is 81.5 cm³/mol. The molecule has 0 radical (unpaired) electrons. The van der Waals surface area contributed by atoms with Crippen molar-refractivity contribution in [1.29, 1.82) is 0 Å². The van der Waals surface area contributed by atoms with E-state index in [2.05, 4.69) is 25.5 Å². The molecule has 6 nitrogen and oxygen atoms in total. The predicted octanol–water partition coefficient (Wildman–Crippen LogP) is 2.66. The quantitative estimate of drug-likeness (QED) is 0.750. The molecule has 0 aliphatic heterocycles. The van der Waals surface area contributed by atoms with Gasteiger partial charge in [-0.05, 0) is 25.5 Å². The van der Waals surface area contributed by atoms with Crippen molar-refractivity contribution in [2.24, 2.45) is 0 Å². The molecule has 3 heterocycles. The average molecular weight is 303 g/mol. The average Bonchev–Trinajstić information content (AvgIpc) is 2.88. The van der Waals surface area contributed by atoms with Crippen molar-refractivity contribution in [3.63, 3.8) is 0 Å². The summed E-state index contributed by atoms with van der Waals surface area (Å²) in [6.45, 7) is 4.37. The molecule has 0 fully saturated rings. The molecule has 0 aromatic carbocycles. The Hall–Kier alpha value is -2.21. The van der Waals surface area contributed by atoms with Gasteiger partial charge in [0.1, 0.15) is 16.8 Å². The van der Waals surface area contributed by atoms with Crippen molar-refractivity contribution in [3.05, 3.63) is 46.8 Å². The molecule has 0 unspecified atom stereocenters. The standard InChI is InChI=1S/C14H15ClN6/c1-3-10-13(15)17-9(2)18-14(10)16-8-12-20-19-11-6-4-5-7-21(11)12/h4-7H,3,8H2,1-2H3,(H,16,17,18). The van der Waals surface area contributed by atoms with E-state index in [0.29, 0.717) is 17.5 Å². The van der Waals surface area contributed by atoms with E-state index in [9.17, 15) is 0 Å². The van der Waals surface area contributed by atoms with Gasteiger partial charge in [-0.3, -0.25) is 4.40 Å². The second-order valence-corrected chi connectivity index (χ2v) is 5.00. The third-order valence-electron chi connectivity index (χ3n) is 3.22. The second kappa shape index (κ2) is 5.65. The Morgan fingerprint density at radius 2 is 2.10 bits per heavy atom. The molecule has 108 valence electrons. The first-order valence-electron chi connectivity index (χ1n) is 6.74. The van der Waals surface area contributed by atoms with Gasteiger partial charge >= 0.3 is 0 Å². The lowest BCUT2D eigenvalue weighted by Gasteiger charge is -2.11. The van der Waals surface area contributed by atoms with Crippen molar-refractivity contribution in [2.75, 3.05) is 5.32 Å². The van der Waals surface area contributed by atoms with Gasteiger partial charge in [-0.15, -0.1) is 10.2 Å². The maximum absolute atomic E-state index is 6.17. The lowest BCUT2D eigenvalue weighted by molar-refractivity contribution is 0.896. The number of hydrogen-bond acceptors (Lipinski definition) is 5. The Bertz CT molecular complexity index is 782. The van der Waals surface area contributed by atoms with E-state index < -0.39 is 0 Å². The lowest BCUT2D eigenvalue weighted by atomic mass is 10.2. The van der Waals surface area contributed by atoms with E-state index in [1.54, 1.807) is 0 Å². The maximum atomic E-state index is 6.17. The molecule has 3 rings (SSSR count). The number of hydrogen-bond donors (Lipinski definition) is 1. The van der Waals surface area contributed by atoms with Crippen LogP contribution in [0.4, 0.5) is 5.82 Å². The van der Waals surface area contributed by atoms with E-state index in [0.717, 1.165) is 29.3 Å². The summed E-state index contributed by atoms with van der Waals surface area (Å²) < 4.78 is 1.94. The molecular formula is C14H15ClN6. The van der Waals surface area contributed by atoms with E-state index in [1.807, 2.05) is 42.6 Å². The van der Waals surface area contributed by atoms with Crippen molar-refractivity contribution in [2.45, 2.75) is 26.8 Å². The Kier molecular flexibility index (Phi) is 3.70. The summed E-state index contributed by atoms with van der Waals surface area (Å²) in [7, 11) is 0. The largest absolute Gasteiger partial charge is 0.362 e. The van der Waals surface area contributed by atoms with Crippen LogP contribution in [-0.2, 0) is 13.0 Å². The van der Waals surface area contributed by atoms with Crippen LogP contribution in [-0.4, -0.2) is 24.6 Å². The minimum atomic E-state index is 0.499. The molecule has 0 spiro atoms. The first-order chi connectivity index (χ1) is 10.2. The monoisotopic (exact) mass is 302 g/mol. The number of rotatable bonds is 4. The second-order valence-electron chi connectivity index (χ2n) is 4.64. The van der Waals surface area contributed by atoms with Gasteiger partial charge in [0.05, 0.1) is 6.54 Å². The topological polar surface area (TPSA) is 68.0 Å². The molecule has 7 heteroatoms. The number of nitrogens with one attached hydrogen (secondary N) is 1. The van der Waals surface area contributed by atoms with Crippen molar-refractivity contribution >= 4 is 23.1 Å². The first kappa shape index (κ1) is 13.8. The Morgan fingerprint density at radius 1 is 1.24 bits per heavy atom. The highest BCUT2D eigenvalue weighted by molar-refractivity contribution is 6.30. The van der Waals surface area contributed by atoms with Gasteiger partial charge < -0.3 is 5.32 Å². The fourth-order valence-electron chi connectivity index (χ4n) is 2.20. The molecule has 21 heavy (non-hydrogen) atoms. The van der Waals surface area contributed by atoms with Gasteiger partial charge in [-0.2, -0.15) is 0 Å². The summed E-state index contributed by atoms with van der Waals surface area (Å²) in [5.41, 5.74) is 1.73. The number of nitrogens with zero attached hydrogens (tertiary/aromatic N) is 5. The van der Waals surface area contributed by atoms with Crippen LogP contribution in [0.1, 0.15) is 24.1 Å². The molecule has 0 bridgehead atoms. The zero-order valence-electron chi connectivity index (χ0n) is 11.8. The molecule has 0 saturated heterocycles. The van der Waals surface area contributed by atoms with Crippen molar-refractivity contribution < 1.29 is 0 Å². The summed E-state index contributed by atoms with van der Waals surface area (Å²) in [4.78, 5) is 8.60. The van der Waals surface area contributed by atoms with Crippen molar-refractivity contribution in [1.82, 2.24) is 24.6 Å². The maximum Gasteiger partial charge on any atom is 0.160 e. The molecular weight excluding hydrogens is 288 g/mol.